The Morgan fingerprint density at radius 1 is 1.26 bits per heavy atom. The number of carbonyl (C=O) groups is 1. The van der Waals surface area contributed by atoms with Gasteiger partial charge in [0.15, 0.2) is 0 Å². The summed E-state index contributed by atoms with van der Waals surface area (Å²) in [7, 11) is 0. The van der Waals surface area contributed by atoms with E-state index in [9.17, 15) is 4.79 Å². The van der Waals surface area contributed by atoms with Crippen LogP contribution in [0.25, 0.3) is 0 Å². The summed E-state index contributed by atoms with van der Waals surface area (Å²) in [6.07, 6.45) is 6.29. The molecule has 1 heterocycles. The van der Waals surface area contributed by atoms with E-state index in [0.717, 1.165) is 13.0 Å². The molecule has 1 aliphatic heterocycles. The van der Waals surface area contributed by atoms with Gasteiger partial charge >= 0.3 is 0 Å². The lowest BCUT2D eigenvalue weighted by atomic mass is 10.2. The Labute approximate surface area is 144 Å². The first-order chi connectivity index (χ1) is 11.2. The van der Waals surface area contributed by atoms with E-state index in [1.165, 1.54) is 38.8 Å². The van der Waals surface area contributed by atoms with E-state index in [1.807, 2.05) is 6.92 Å². The maximum atomic E-state index is 12.1. The van der Waals surface area contributed by atoms with Crippen LogP contribution in [-0.4, -0.2) is 43.6 Å². The van der Waals surface area contributed by atoms with Crippen LogP contribution in [0.4, 0.5) is 0 Å². The van der Waals surface area contributed by atoms with Gasteiger partial charge < -0.3 is 15.0 Å². The molecular weight excluding hydrogens is 312 g/mol. The number of halogens is 1. The normalized spacial score (nSPS) is 15.9. The lowest BCUT2D eigenvalue weighted by molar-refractivity contribution is 0.0951. The summed E-state index contributed by atoms with van der Waals surface area (Å²) in [4.78, 5) is 14.7. The standard InChI is InChI=1S/C18H27ClN2O2/c1-2-23-17-9-8-15(14-16(17)19)18(22)20-10-7-13-21-11-5-3-4-6-12-21/h8-9,14H,2-7,10-13H2,1H3,(H,20,22). The number of hydrogen-bond acceptors (Lipinski definition) is 3. The molecule has 0 aromatic heterocycles. The Morgan fingerprint density at radius 3 is 2.65 bits per heavy atom. The van der Waals surface area contributed by atoms with Crippen LogP contribution in [0.2, 0.25) is 5.02 Å². The minimum atomic E-state index is -0.0779. The third-order valence-corrected chi connectivity index (χ3v) is 4.42. The van der Waals surface area contributed by atoms with Crippen LogP contribution >= 0.6 is 11.6 Å². The first-order valence-electron chi connectivity index (χ1n) is 8.63. The van der Waals surface area contributed by atoms with E-state index in [-0.39, 0.29) is 5.91 Å². The van der Waals surface area contributed by atoms with E-state index in [0.29, 0.717) is 29.5 Å². The molecule has 0 atom stereocenters. The maximum absolute atomic E-state index is 12.1. The summed E-state index contributed by atoms with van der Waals surface area (Å²) in [5.41, 5.74) is 0.577. The summed E-state index contributed by atoms with van der Waals surface area (Å²) in [5, 5.41) is 3.44. The summed E-state index contributed by atoms with van der Waals surface area (Å²) in [6.45, 7) is 6.61. The quantitative estimate of drug-likeness (QED) is 0.770. The van der Waals surface area contributed by atoms with Gasteiger partial charge in [-0.2, -0.15) is 0 Å². The second-order valence-electron chi connectivity index (χ2n) is 5.94. The molecule has 0 radical (unpaired) electrons. The molecule has 1 aliphatic rings. The molecule has 0 spiro atoms. The summed E-state index contributed by atoms with van der Waals surface area (Å²) in [5.74, 6) is 0.540. The van der Waals surface area contributed by atoms with Crippen molar-refractivity contribution in [3.05, 3.63) is 28.8 Å². The SMILES string of the molecule is CCOc1ccc(C(=O)NCCCN2CCCCCC2)cc1Cl. The summed E-state index contributed by atoms with van der Waals surface area (Å²) < 4.78 is 5.38. The van der Waals surface area contributed by atoms with Crippen LogP contribution in [0, 0.1) is 0 Å². The molecular formula is C18H27ClN2O2. The fraction of sp³-hybridized carbons (Fsp3) is 0.611. The molecule has 4 nitrogen and oxygen atoms in total. The van der Waals surface area contributed by atoms with Crippen molar-refractivity contribution in [3.63, 3.8) is 0 Å². The molecule has 5 heteroatoms. The number of ether oxygens (including phenoxy) is 1. The van der Waals surface area contributed by atoms with Gasteiger partial charge in [-0.3, -0.25) is 4.79 Å². The summed E-state index contributed by atoms with van der Waals surface area (Å²) >= 11 is 6.12. The molecule has 1 amide bonds. The number of likely N-dealkylation sites (tertiary alicyclic amines) is 1. The topological polar surface area (TPSA) is 41.6 Å². The van der Waals surface area contributed by atoms with Crippen molar-refractivity contribution in [2.45, 2.75) is 39.0 Å². The van der Waals surface area contributed by atoms with E-state index < -0.39 is 0 Å². The van der Waals surface area contributed by atoms with Crippen LogP contribution < -0.4 is 10.1 Å². The van der Waals surface area contributed by atoms with Crippen molar-refractivity contribution in [1.29, 1.82) is 0 Å². The molecule has 0 unspecified atom stereocenters. The van der Waals surface area contributed by atoms with Gasteiger partial charge in [0.2, 0.25) is 0 Å². The number of nitrogens with one attached hydrogen (secondary N) is 1. The number of nitrogens with zero attached hydrogens (tertiary/aromatic N) is 1. The molecule has 1 saturated heterocycles. The van der Waals surface area contributed by atoms with Crippen LogP contribution in [0.3, 0.4) is 0 Å². The van der Waals surface area contributed by atoms with Gasteiger partial charge in [0.25, 0.3) is 5.91 Å². The number of benzene rings is 1. The highest BCUT2D eigenvalue weighted by atomic mass is 35.5. The molecule has 1 aromatic rings. The van der Waals surface area contributed by atoms with Crippen molar-refractivity contribution < 1.29 is 9.53 Å². The maximum Gasteiger partial charge on any atom is 0.251 e. The van der Waals surface area contributed by atoms with Crippen molar-refractivity contribution in [2.24, 2.45) is 0 Å². The molecule has 1 N–H and O–H groups in total. The molecule has 23 heavy (non-hydrogen) atoms. The second kappa shape index (κ2) is 9.78. The van der Waals surface area contributed by atoms with Gasteiger partial charge in [-0.25, -0.2) is 0 Å². The van der Waals surface area contributed by atoms with Gasteiger partial charge in [0.05, 0.1) is 11.6 Å². The zero-order valence-corrected chi connectivity index (χ0v) is 14.7. The first-order valence-corrected chi connectivity index (χ1v) is 9.01. The number of carbonyl (C=O) groups excluding carboxylic acids is 1. The Kier molecular flexibility index (Phi) is 7.69. The lowest BCUT2D eigenvalue weighted by Crippen LogP contribution is -2.30. The van der Waals surface area contributed by atoms with Crippen molar-refractivity contribution in [3.8, 4) is 5.75 Å². The fourth-order valence-corrected chi connectivity index (χ4v) is 3.12. The molecule has 0 saturated carbocycles. The molecule has 0 aliphatic carbocycles. The van der Waals surface area contributed by atoms with Gasteiger partial charge in [-0.1, -0.05) is 24.4 Å². The summed E-state index contributed by atoms with van der Waals surface area (Å²) in [6, 6.07) is 5.16. The van der Waals surface area contributed by atoms with E-state index in [4.69, 9.17) is 16.3 Å². The molecule has 0 bridgehead atoms. The van der Waals surface area contributed by atoms with Gasteiger partial charge in [0, 0.05) is 12.1 Å². The van der Waals surface area contributed by atoms with E-state index in [1.54, 1.807) is 18.2 Å². The minimum Gasteiger partial charge on any atom is -0.492 e. The van der Waals surface area contributed by atoms with Gasteiger partial charge in [-0.15, -0.1) is 0 Å². The van der Waals surface area contributed by atoms with Crippen molar-refractivity contribution >= 4 is 17.5 Å². The smallest absolute Gasteiger partial charge is 0.251 e. The highest BCUT2D eigenvalue weighted by Gasteiger charge is 2.10. The number of hydrogen-bond donors (Lipinski definition) is 1. The Balaban J connectivity index is 1.73. The first kappa shape index (κ1) is 18.1. The Bertz CT molecular complexity index is 500. The molecule has 1 aromatic carbocycles. The number of amides is 1. The zero-order chi connectivity index (χ0) is 16.5. The monoisotopic (exact) mass is 338 g/mol. The third-order valence-electron chi connectivity index (χ3n) is 4.13. The van der Waals surface area contributed by atoms with E-state index >= 15 is 0 Å². The highest BCUT2D eigenvalue weighted by Crippen LogP contribution is 2.25. The van der Waals surface area contributed by atoms with Crippen LogP contribution in [-0.2, 0) is 0 Å². The Hall–Kier alpha value is -1.26. The average Bonchev–Trinajstić information content (AvgIpc) is 2.82. The Morgan fingerprint density at radius 2 is 2.00 bits per heavy atom. The van der Waals surface area contributed by atoms with Crippen LogP contribution in [0.1, 0.15) is 49.4 Å². The fourth-order valence-electron chi connectivity index (χ4n) is 2.88. The van der Waals surface area contributed by atoms with Gasteiger partial charge in [0.1, 0.15) is 5.75 Å². The van der Waals surface area contributed by atoms with E-state index in [2.05, 4.69) is 10.2 Å². The third kappa shape index (κ3) is 6.04. The molecule has 128 valence electrons. The predicted molar refractivity (Wildman–Crippen MR) is 94.5 cm³/mol. The largest absolute Gasteiger partial charge is 0.492 e. The number of rotatable bonds is 7. The van der Waals surface area contributed by atoms with Crippen LogP contribution in [0.5, 0.6) is 5.75 Å². The second-order valence-corrected chi connectivity index (χ2v) is 6.35. The zero-order valence-electron chi connectivity index (χ0n) is 13.9. The predicted octanol–water partition coefficient (Wildman–Crippen LogP) is 3.73. The lowest BCUT2D eigenvalue weighted by Gasteiger charge is -2.19. The van der Waals surface area contributed by atoms with Crippen molar-refractivity contribution in [1.82, 2.24) is 10.2 Å². The average molecular weight is 339 g/mol. The van der Waals surface area contributed by atoms with Crippen LogP contribution in [0.15, 0.2) is 18.2 Å². The highest BCUT2D eigenvalue weighted by molar-refractivity contribution is 6.32. The molecule has 2 rings (SSSR count). The van der Waals surface area contributed by atoms with Crippen molar-refractivity contribution in [2.75, 3.05) is 32.8 Å². The molecule has 1 fully saturated rings. The minimum absolute atomic E-state index is 0.0779. The van der Waals surface area contributed by atoms with Gasteiger partial charge in [-0.05, 0) is 64.0 Å².